The molecule has 0 atom stereocenters. The van der Waals surface area contributed by atoms with Crippen LogP contribution >= 0.6 is 0 Å². The van der Waals surface area contributed by atoms with Crippen molar-refractivity contribution in [2.75, 3.05) is 33.9 Å². The molecule has 0 radical (unpaired) electrons. The third-order valence-corrected chi connectivity index (χ3v) is 5.45. The van der Waals surface area contributed by atoms with Gasteiger partial charge in [0.25, 0.3) is 0 Å². The summed E-state index contributed by atoms with van der Waals surface area (Å²) in [6.45, 7) is 4.55. The van der Waals surface area contributed by atoms with Gasteiger partial charge in [0.1, 0.15) is 0 Å². The molecule has 2 aromatic carbocycles. The highest BCUT2D eigenvalue weighted by Gasteiger charge is 2.24. The van der Waals surface area contributed by atoms with Crippen LogP contribution in [0.4, 0.5) is 0 Å². The highest BCUT2D eigenvalue weighted by atomic mass is 16.5. The van der Waals surface area contributed by atoms with E-state index in [9.17, 15) is 4.79 Å². The Hall–Kier alpha value is -2.37. The zero-order chi connectivity index (χ0) is 19.7. The van der Waals surface area contributed by atoms with Crippen molar-refractivity contribution in [2.45, 2.75) is 32.4 Å². The first kappa shape index (κ1) is 19.0. The molecule has 1 aliphatic heterocycles. The molecule has 0 aliphatic carbocycles. The summed E-state index contributed by atoms with van der Waals surface area (Å²) in [7, 11) is 4.11. The lowest BCUT2D eigenvalue weighted by molar-refractivity contribution is 0.0526. The van der Waals surface area contributed by atoms with E-state index in [0.29, 0.717) is 18.2 Å². The van der Waals surface area contributed by atoms with Gasteiger partial charge >= 0.3 is 5.97 Å². The summed E-state index contributed by atoms with van der Waals surface area (Å²) < 4.78 is 13.3. The maximum atomic E-state index is 12.6. The van der Waals surface area contributed by atoms with Gasteiger partial charge in [0, 0.05) is 42.1 Å². The van der Waals surface area contributed by atoms with E-state index in [1.54, 1.807) is 0 Å². The normalized spacial score (nSPS) is 15.6. The Bertz CT molecular complexity index is 1000. The van der Waals surface area contributed by atoms with Gasteiger partial charge in [-0.1, -0.05) is 18.2 Å². The number of ether oxygens (including phenoxy) is 2. The third kappa shape index (κ3) is 3.40. The third-order valence-electron chi connectivity index (χ3n) is 5.45. The number of hydrogen-bond acceptors (Lipinski definition) is 4. The van der Waals surface area contributed by atoms with E-state index >= 15 is 0 Å². The minimum absolute atomic E-state index is 0.256. The molecule has 3 aromatic rings. The van der Waals surface area contributed by atoms with Gasteiger partial charge in [0.2, 0.25) is 0 Å². The molecule has 148 valence electrons. The smallest absolute Gasteiger partial charge is 0.338 e. The van der Waals surface area contributed by atoms with Gasteiger partial charge in [-0.05, 0) is 57.6 Å². The SMILES string of the molecule is CCOC(=O)c1cc(CN(C)C)c2c3ccccc3n(C3CCOCC3)c2c1. The van der Waals surface area contributed by atoms with Gasteiger partial charge in [0.05, 0.1) is 17.7 Å². The summed E-state index contributed by atoms with van der Waals surface area (Å²) in [5.41, 5.74) is 4.13. The zero-order valence-electron chi connectivity index (χ0n) is 16.9. The van der Waals surface area contributed by atoms with Crippen molar-refractivity contribution in [3.8, 4) is 0 Å². The number of fused-ring (bicyclic) bond motifs is 3. The van der Waals surface area contributed by atoms with Crippen LogP contribution in [0.5, 0.6) is 0 Å². The molecule has 4 rings (SSSR count). The van der Waals surface area contributed by atoms with Crippen LogP contribution in [0.15, 0.2) is 36.4 Å². The number of hydrogen-bond donors (Lipinski definition) is 0. The van der Waals surface area contributed by atoms with Crippen LogP contribution in [-0.2, 0) is 16.0 Å². The molecule has 0 saturated carbocycles. The van der Waals surface area contributed by atoms with E-state index in [4.69, 9.17) is 9.47 Å². The number of nitrogens with zero attached hydrogens (tertiary/aromatic N) is 2. The monoisotopic (exact) mass is 380 g/mol. The Morgan fingerprint density at radius 1 is 1.18 bits per heavy atom. The summed E-state index contributed by atoms with van der Waals surface area (Å²) in [6, 6.07) is 13.0. The number of esters is 1. The first-order valence-electron chi connectivity index (χ1n) is 10.0. The van der Waals surface area contributed by atoms with E-state index in [1.165, 1.54) is 16.3 Å². The summed E-state index contributed by atoms with van der Waals surface area (Å²) in [5, 5.41) is 2.49. The molecule has 1 fully saturated rings. The maximum absolute atomic E-state index is 12.6. The molecular formula is C23H28N2O3. The predicted octanol–water partition coefficient (Wildman–Crippen LogP) is 4.38. The Balaban J connectivity index is 2.02. The molecule has 0 N–H and O–H groups in total. The minimum atomic E-state index is -0.256. The largest absolute Gasteiger partial charge is 0.462 e. The van der Waals surface area contributed by atoms with E-state index in [1.807, 2.05) is 19.1 Å². The number of carbonyl (C=O) groups excluding carboxylic acids is 1. The quantitative estimate of drug-likeness (QED) is 0.616. The summed E-state index contributed by atoms with van der Waals surface area (Å²) in [4.78, 5) is 14.7. The molecular weight excluding hydrogens is 352 g/mol. The van der Waals surface area contributed by atoms with Gasteiger partial charge in [-0.15, -0.1) is 0 Å². The van der Waals surface area contributed by atoms with Crippen molar-refractivity contribution in [3.63, 3.8) is 0 Å². The summed E-state index contributed by atoms with van der Waals surface area (Å²) >= 11 is 0. The topological polar surface area (TPSA) is 43.7 Å². The van der Waals surface area contributed by atoms with Crippen molar-refractivity contribution >= 4 is 27.8 Å². The van der Waals surface area contributed by atoms with Crippen LogP contribution < -0.4 is 0 Å². The number of benzene rings is 2. The Morgan fingerprint density at radius 3 is 2.64 bits per heavy atom. The Kier molecular flexibility index (Phi) is 5.38. The van der Waals surface area contributed by atoms with Crippen LogP contribution in [0.1, 0.15) is 41.7 Å². The van der Waals surface area contributed by atoms with Gasteiger partial charge in [0.15, 0.2) is 0 Å². The molecule has 28 heavy (non-hydrogen) atoms. The Morgan fingerprint density at radius 2 is 1.93 bits per heavy atom. The number of para-hydroxylation sites is 1. The molecule has 0 bridgehead atoms. The second-order valence-corrected chi connectivity index (χ2v) is 7.72. The molecule has 1 saturated heterocycles. The highest BCUT2D eigenvalue weighted by molar-refractivity contribution is 6.11. The standard InChI is InChI=1S/C23H28N2O3/c1-4-28-23(26)16-13-17(15-24(2)3)22-19-7-5-6-8-20(19)25(21(22)14-16)18-9-11-27-12-10-18/h5-8,13-14,18H,4,9-12,15H2,1-3H3. The van der Waals surface area contributed by atoms with Gasteiger partial charge in [-0.3, -0.25) is 0 Å². The van der Waals surface area contributed by atoms with Gasteiger partial charge in [-0.2, -0.15) is 0 Å². The molecule has 1 aromatic heterocycles. The van der Waals surface area contributed by atoms with Crippen LogP contribution in [0.25, 0.3) is 21.8 Å². The Labute approximate surface area is 165 Å². The summed E-state index contributed by atoms with van der Waals surface area (Å²) in [5.74, 6) is -0.256. The average molecular weight is 380 g/mol. The average Bonchev–Trinajstić information content (AvgIpc) is 3.03. The second kappa shape index (κ2) is 7.94. The first-order valence-corrected chi connectivity index (χ1v) is 10.0. The van der Waals surface area contributed by atoms with Crippen molar-refractivity contribution < 1.29 is 14.3 Å². The van der Waals surface area contributed by atoms with E-state index in [0.717, 1.165) is 43.7 Å². The van der Waals surface area contributed by atoms with Crippen molar-refractivity contribution in [1.82, 2.24) is 9.47 Å². The highest BCUT2D eigenvalue weighted by Crippen LogP contribution is 2.38. The number of carbonyl (C=O) groups is 1. The van der Waals surface area contributed by atoms with E-state index < -0.39 is 0 Å². The first-order chi connectivity index (χ1) is 13.6. The molecule has 0 spiro atoms. The molecule has 0 unspecified atom stereocenters. The zero-order valence-corrected chi connectivity index (χ0v) is 16.9. The number of rotatable bonds is 5. The van der Waals surface area contributed by atoms with Crippen molar-refractivity contribution in [3.05, 3.63) is 47.5 Å². The minimum Gasteiger partial charge on any atom is -0.462 e. The fourth-order valence-electron chi connectivity index (χ4n) is 4.35. The fourth-order valence-corrected chi connectivity index (χ4v) is 4.35. The lowest BCUT2D eigenvalue weighted by atomic mass is 10.0. The maximum Gasteiger partial charge on any atom is 0.338 e. The van der Waals surface area contributed by atoms with Gasteiger partial charge in [-0.25, -0.2) is 4.79 Å². The molecule has 5 nitrogen and oxygen atoms in total. The summed E-state index contributed by atoms with van der Waals surface area (Å²) in [6.07, 6.45) is 1.97. The molecule has 5 heteroatoms. The fraction of sp³-hybridized carbons (Fsp3) is 0.435. The molecule has 0 amide bonds. The van der Waals surface area contributed by atoms with E-state index in [2.05, 4.69) is 47.8 Å². The van der Waals surface area contributed by atoms with Crippen LogP contribution in [0, 0.1) is 0 Å². The van der Waals surface area contributed by atoms with Crippen molar-refractivity contribution in [2.24, 2.45) is 0 Å². The lowest BCUT2D eigenvalue weighted by Gasteiger charge is -2.25. The van der Waals surface area contributed by atoms with Crippen LogP contribution in [-0.4, -0.2) is 49.4 Å². The second-order valence-electron chi connectivity index (χ2n) is 7.72. The lowest BCUT2D eigenvalue weighted by Crippen LogP contribution is -2.19. The van der Waals surface area contributed by atoms with Crippen LogP contribution in [0.3, 0.4) is 0 Å². The predicted molar refractivity (Wildman–Crippen MR) is 112 cm³/mol. The molecule has 2 heterocycles. The van der Waals surface area contributed by atoms with Crippen molar-refractivity contribution in [1.29, 1.82) is 0 Å². The number of aromatic nitrogens is 1. The molecule has 1 aliphatic rings. The van der Waals surface area contributed by atoms with Crippen LogP contribution in [0.2, 0.25) is 0 Å². The van der Waals surface area contributed by atoms with E-state index in [-0.39, 0.29) is 5.97 Å². The van der Waals surface area contributed by atoms with Gasteiger partial charge < -0.3 is 18.9 Å².